The van der Waals surface area contributed by atoms with Crippen LogP contribution in [0.5, 0.6) is 0 Å². The molecule has 3 aromatic heterocycles. The summed E-state index contributed by atoms with van der Waals surface area (Å²) in [6.07, 6.45) is 6.80. The van der Waals surface area contributed by atoms with Gasteiger partial charge in [-0.3, -0.25) is 4.98 Å². The first-order chi connectivity index (χ1) is 10.2. The van der Waals surface area contributed by atoms with Crippen LogP contribution in [0.15, 0.2) is 36.9 Å². The molecule has 0 aliphatic heterocycles. The van der Waals surface area contributed by atoms with Crippen molar-refractivity contribution in [3.8, 4) is 11.3 Å². The van der Waals surface area contributed by atoms with E-state index in [4.69, 9.17) is 4.74 Å². The zero-order valence-electron chi connectivity index (χ0n) is 11.8. The predicted octanol–water partition coefficient (Wildman–Crippen LogP) is 2.28. The quantitative estimate of drug-likeness (QED) is 0.689. The smallest absolute Gasteiger partial charge is 0.344 e. The van der Waals surface area contributed by atoms with Crippen molar-refractivity contribution in [1.82, 2.24) is 19.6 Å². The molecule has 0 radical (unpaired) electrons. The van der Waals surface area contributed by atoms with Gasteiger partial charge in [0.25, 0.3) is 0 Å². The lowest BCUT2D eigenvalue weighted by Gasteiger charge is -2.03. The van der Waals surface area contributed by atoms with Crippen LogP contribution in [0.25, 0.3) is 16.9 Å². The van der Waals surface area contributed by atoms with Crippen LogP contribution in [0.1, 0.15) is 22.8 Å². The maximum absolute atomic E-state index is 12.3. The Kier molecular flexibility index (Phi) is 3.35. The van der Waals surface area contributed by atoms with E-state index in [1.807, 2.05) is 13.0 Å². The molecule has 6 heteroatoms. The number of ether oxygens (including phenoxy) is 1. The number of carbonyl (C=O) groups excluding carboxylic acids is 1. The van der Waals surface area contributed by atoms with Crippen molar-refractivity contribution in [3.63, 3.8) is 0 Å². The van der Waals surface area contributed by atoms with Crippen LogP contribution in [-0.2, 0) is 4.74 Å². The minimum Gasteiger partial charge on any atom is -0.462 e. The number of fused-ring (bicyclic) bond motifs is 1. The van der Waals surface area contributed by atoms with Crippen molar-refractivity contribution < 1.29 is 9.53 Å². The van der Waals surface area contributed by atoms with Gasteiger partial charge in [-0.25, -0.2) is 14.3 Å². The van der Waals surface area contributed by atoms with Crippen LogP contribution < -0.4 is 0 Å². The topological polar surface area (TPSA) is 69.4 Å². The van der Waals surface area contributed by atoms with Crippen molar-refractivity contribution in [2.24, 2.45) is 0 Å². The molecule has 6 nitrogen and oxygen atoms in total. The van der Waals surface area contributed by atoms with E-state index in [-0.39, 0.29) is 0 Å². The Morgan fingerprint density at radius 2 is 2.24 bits per heavy atom. The number of carbonyl (C=O) groups is 1. The molecular weight excluding hydrogens is 268 g/mol. The monoisotopic (exact) mass is 282 g/mol. The Labute approximate surface area is 121 Å². The van der Waals surface area contributed by atoms with Gasteiger partial charge in [-0.15, -0.1) is 0 Å². The molecule has 0 aromatic carbocycles. The first-order valence-electron chi connectivity index (χ1n) is 6.63. The van der Waals surface area contributed by atoms with Crippen LogP contribution in [-0.4, -0.2) is 32.2 Å². The van der Waals surface area contributed by atoms with Gasteiger partial charge in [0.05, 0.1) is 6.61 Å². The fraction of sp³-hybridized carbons (Fsp3) is 0.200. The van der Waals surface area contributed by atoms with Gasteiger partial charge < -0.3 is 4.74 Å². The van der Waals surface area contributed by atoms with Gasteiger partial charge in [0, 0.05) is 30.4 Å². The summed E-state index contributed by atoms with van der Waals surface area (Å²) in [5.41, 5.74) is 3.14. The number of rotatable bonds is 3. The SMILES string of the molecule is CCOC(=O)c1c(-c2cncc(C)c2)nn2cccnc12. The van der Waals surface area contributed by atoms with E-state index in [0.29, 0.717) is 23.5 Å². The van der Waals surface area contributed by atoms with Gasteiger partial charge in [-0.05, 0) is 31.5 Å². The van der Waals surface area contributed by atoms with Crippen molar-refractivity contribution in [2.75, 3.05) is 6.61 Å². The van der Waals surface area contributed by atoms with Gasteiger partial charge >= 0.3 is 5.97 Å². The standard InChI is InChI=1S/C15H14N4O2/c1-3-21-15(20)12-13(11-7-10(2)8-16-9-11)18-19-6-4-5-17-14(12)19/h4-9H,3H2,1-2H3. The molecule has 0 saturated heterocycles. The second-order valence-corrected chi connectivity index (χ2v) is 4.58. The van der Waals surface area contributed by atoms with E-state index in [1.165, 1.54) is 0 Å². The summed E-state index contributed by atoms with van der Waals surface area (Å²) in [6.45, 7) is 4.01. The molecule has 0 unspecified atom stereocenters. The van der Waals surface area contributed by atoms with Crippen LogP contribution in [0.4, 0.5) is 0 Å². The average molecular weight is 282 g/mol. The van der Waals surface area contributed by atoms with Gasteiger partial charge in [0.15, 0.2) is 5.65 Å². The van der Waals surface area contributed by atoms with Crippen LogP contribution in [0.2, 0.25) is 0 Å². The number of aryl methyl sites for hydroxylation is 1. The summed E-state index contributed by atoms with van der Waals surface area (Å²) >= 11 is 0. The molecular formula is C15H14N4O2. The molecule has 0 aliphatic carbocycles. The zero-order chi connectivity index (χ0) is 14.8. The predicted molar refractivity (Wildman–Crippen MR) is 76.9 cm³/mol. The largest absolute Gasteiger partial charge is 0.462 e. The van der Waals surface area contributed by atoms with Crippen LogP contribution in [0.3, 0.4) is 0 Å². The molecule has 3 rings (SSSR count). The highest BCUT2D eigenvalue weighted by atomic mass is 16.5. The van der Waals surface area contributed by atoms with E-state index in [0.717, 1.165) is 11.1 Å². The van der Waals surface area contributed by atoms with Crippen molar-refractivity contribution >= 4 is 11.6 Å². The number of pyridine rings is 1. The molecule has 0 spiro atoms. The summed E-state index contributed by atoms with van der Waals surface area (Å²) in [4.78, 5) is 20.7. The fourth-order valence-corrected chi connectivity index (χ4v) is 2.16. The summed E-state index contributed by atoms with van der Waals surface area (Å²) < 4.78 is 6.71. The fourth-order valence-electron chi connectivity index (χ4n) is 2.16. The average Bonchev–Trinajstić information content (AvgIpc) is 2.87. The lowest BCUT2D eigenvalue weighted by atomic mass is 10.1. The Balaban J connectivity index is 2.26. The highest BCUT2D eigenvalue weighted by Gasteiger charge is 2.23. The maximum atomic E-state index is 12.3. The number of aromatic nitrogens is 4. The molecule has 0 aliphatic rings. The van der Waals surface area contributed by atoms with Gasteiger partial charge in [0.2, 0.25) is 0 Å². The molecule has 0 atom stereocenters. The summed E-state index contributed by atoms with van der Waals surface area (Å²) in [5.74, 6) is -0.428. The van der Waals surface area contributed by atoms with Crippen molar-refractivity contribution in [1.29, 1.82) is 0 Å². The molecule has 0 N–H and O–H groups in total. The van der Waals surface area contributed by atoms with E-state index in [9.17, 15) is 4.79 Å². The second kappa shape index (κ2) is 5.32. The van der Waals surface area contributed by atoms with E-state index in [1.54, 1.807) is 42.3 Å². The summed E-state index contributed by atoms with van der Waals surface area (Å²) in [6, 6.07) is 3.69. The number of hydrogen-bond donors (Lipinski definition) is 0. The molecule has 0 saturated carbocycles. The zero-order valence-corrected chi connectivity index (χ0v) is 11.8. The number of hydrogen-bond acceptors (Lipinski definition) is 5. The molecule has 106 valence electrons. The summed E-state index contributed by atoms with van der Waals surface area (Å²) in [5, 5.41) is 4.44. The summed E-state index contributed by atoms with van der Waals surface area (Å²) in [7, 11) is 0. The van der Waals surface area contributed by atoms with Crippen molar-refractivity contribution in [3.05, 3.63) is 48.0 Å². The van der Waals surface area contributed by atoms with E-state index < -0.39 is 5.97 Å². The van der Waals surface area contributed by atoms with E-state index in [2.05, 4.69) is 15.1 Å². The third-order valence-electron chi connectivity index (χ3n) is 3.02. The minimum atomic E-state index is -0.428. The molecule has 0 amide bonds. The molecule has 3 heterocycles. The molecule has 0 fully saturated rings. The highest BCUT2D eigenvalue weighted by Crippen LogP contribution is 2.25. The third-order valence-corrected chi connectivity index (χ3v) is 3.02. The molecule has 0 bridgehead atoms. The molecule has 3 aromatic rings. The number of nitrogens with zero attached hydrogens (tertiary/aromatic N) is 4. The Bertz CT molecular complexity index is 810. The highest BCUT2D eigenvalue weighted by molar-refractivity contribution is 6.02. The van der Waals surface area contributed by atoms with Gasteiger partial charge in [-0.1, -0.05) is 0 Å². The van der Waals surface area contributed by atoms with Gasteiger partial charge in [-0.2, -0.15) is 5.10 Å². The lowest BCUT2D eigenvalue weighted by molar-refractivity contribution is 0.0529. The lowest BCUT2D eigenvalue weighted by Crippen LogP contribution is -2.06. The third kappa shape index (κ3) is 2.35. The van der Waals surface area contributed by atoms with Crippen LogP contribution >= 0.6 is 0 Å². The second-order valence-electron chi connectivity index (χ2n) is 4.58. The van der Waals surface area contributed by atoms with Gasteiger partial charge in [0.1, 0.15) is 11.3 Å². The first-order valence-corrected chi connectivity index (χ1v) is 6.63. The van der Waals surface area contributed by atoms with E-state index >= 15 is 0 Å². The Morgan fingerprint density at radius 3 is 3.00 bits per heavy atom. The maximum Gasteiger partial charge on any atom is 0.344 e. The minimum absolute atomic E-state index is 0.300. The Hall–Kier alpha value is -2.76. The first kappa shape index (κ1) is 13.2. The molecule has 21 heavy (non-hydrogen) atoms. The van der Waals surface area contributed by atoms with Crippen LogP contribution in [0, 0.1) is 6.92 Å². The van der Waals surface area contributed by atoms with Crippen molar-refractivity contribution in [2.45, 2.75) is 13.8 Å². The Morgan fingerprint density at radius 1 is 1.38 bits per heavy atom. The normalized spacial score (nSPS) is 10.8. The number of esters is 1.